The summed E-state index contributed by atoms with van der Waals surface area (Å²) in [6.07, 6.45) is -2.56. The molecule has 0 aliphatic heterocycles. The molecule has 0 bridgehead atoms. The Balaban J connectivity index is 2.95. The highest BCUT2D eigenvalue weighted by Gasteiger charge is 2.22. The quantitative estimate of drug-likeness (QED) is 0.800. The van der Waals surface area contributed by atoms with Crippen molar-refractivity contribution in [1.29, 1.82) is 0 Å². The smallest absolute Gasteiger partial charge is 0.258 e. The zero-order valence-electron chi connectivity index (χ0n) is 6.35. The maximum atomic E-state index is 12.1. The van der Waals surface area contributed by atoms with Crippen LogP contribution in [0.2, 0.25) is 5.02 Å². The molecular formula is C7H8ClF2NS. The van der Waals surface area contributed by atoms with Crippen LogP contribution in [0.25, 0.3) is 0 Å². The number of hydrogen-bond donors (Lipinski definition) is 1. The predicted molar refractivity (Wildman–Crippen MR) is 47.0 cm³/mol. The van der Waals surface area contributed by atoms with Crippen LogP contribution in [0.3, 0.4) is 0 Å². The number of alkyl halides is 2. The summed E-state index contributed by atoms with van der Waals surface area (Å²) in [5, 5.41) is 2.09. The van der Waals surface area contributed by atoms with E-state index in [2.05, 4.69) is 0 Å². The minimum absolute atomic E-state index is 0.365. The zero-order chi connectivity index (χ0) is 9.30. The van der Waals surface area contributed by atoms with Crippen molar-refractivity contribution in [2.75, 3.05) is 0 Å². The van der Waals surface area contributed by atoms with Gasteiger partial charge in [0, 0.05) is 4.88 Å². The van der Waals surface area contributed by atoms with Gasteiger partial charge in [-0.1, -0.05) is 11.6 Å². The zero-order valence-corrected chi connectivity index (χ0v) is 7.92. The fraction of sp³-hybridized carbons (Fsp3) is 0.429. The average molecular weight is 212 g/mol. The molecule has 1 heterocycles. The van der Waals surface area contributed by atoms with E-state index in [9.17, 15) is 8.78 Å². The van der Waals surface area contributed by atoms with Crippen LogP contribution in [0.1, 0.15) is 16.5 Å². The van der Waals surface area contributed by atoms with Gasteiger partial charge in [-0.15, -0.1) is 11.3 Å². The molecule has 0 saturated heterocycles. The minimum atomic E-state index is -2.56. The molecule has 1 rings (SSSR count). The Morgan fingerprint density at radius 2 is 2.17 bits per heavy atom. The van der Waals surface area contributed by atoms with Gasteiger partial charge in [-0.2, -0.15) is 0 Å². The SMILES string of the molecule is Cc1csc(C(N)C(F)F)c1Cl. The summed E-state index contributed by atoms with van der Waals surface area (Å²) in [6, 6.07) is -1.25. The molecule has 1 aromatic heterocycles. The van der Waals surface area contributed by atoms with Crippen LogP contribution in [0, 0.1) is 6.92 Å². The second kappa shape index (κ2) is 3.68. The lowest BCUT2D eigenvalue weighted by atomic mass is 10.2. The second-order valence-electron chi connectivity index (χ2n) is 2.46. The molecule has 12 heavy (non-hydrogen) atoms. The minimum Gasteiger partial charge on any atom is -0.319 e. The molecule has 0 aromatic carbocycles. The van der Waals surface area contributed by atoms with E-state index in [-0.39, 0.29) is 0 Å². The molecule has 0 aliphatic rings. The van der Waals surface area contributed by atoms with E-state index >= 15 is 0 Å². The highest BCUT2D eigenvalue weighted by atomic mass is 35.5. The molecule has 0 radical (unpaired) electrons. The molecule has 2 N–H and O–H groups in total. The van der Waals surface area contributed by atoms with Gasteiger partial charge in [-0.25, -0.2) is 8.78 Å². The molecule has 0 fully saturated rings. The normalized spacial score (nSPS) is 13.8. The van der Waals surface area contributed by atoms with Gasteiger partial charge in [-0.3, -0.25) is 0 Å². The van der Waals surface area contributed by atoms with Gasteiger partial charge in [-0.05, 0) is 17.9 Å². The maximum absolute atomic E-state index is 12.1. The number of nitrogens with two attached hydrogens (primary N) is 1. The highest BCUT2D eigenvalue weighted by molar-refractivity contribution is 7.10. The summed E-state index contributed by atoms with van der Waals surface area (Å²) in [6.45, 7) is 1.76. The third-order valence-electron chi connectivity index (χ3n) is 1.50. The van der Waals surface area contributed by atoms with E-state index in [4.69, 9.17) is 17.3 Å². The van der Waals surface area contributed by atoms with Crippen molar-refractivity contribution < 1.29 is 8.78 Å². The van der Waals surface area contributed by atoms with E-state index in [1.807, 2.05) is 0 Å². The third kappa shape index (κ3) is 1.76. The van der Waals surface area contributed by atoms with Crippen molar-refractivity contribution in [3.8, 4) is 0 Å². The standard InChI is InChI=1S/C7H8ClF2NS/c1-3-2-12-6(4(3)8)5(11)7(9)10/h2,5,7H,11H2,1H3. The van der Waals surface area contributed by atoms with Crippen molar-refractivity contribution >= 4 is 22.9 Å². The van der Waals surface area contributed by atoms with E-state index < -0.39 is 12.5 Å². The topological polar surface area (TPSA) is 26.0 Å². The van der Waals surface area contributed by atoms with Gasteiger partial charge in [0.25, 0.3) is 6.43 Å². The first-order chi connectivity index (χ1) is 5.54. The van der Waals surface area contributed by atoms with E-state index in [1.165, 1.54) is 11.3 Å². The number of aryl methyl sites for hydroxylation is 1. The molecule has 1 atom stereocenters. The average Bonchev–Trinajstić information content (AvgIpc) is 2.32. The van der Waals surface area contributed by atoms with Crippen LogP contribution in [0.15, 0.2) is 5.38 Å². The summed E-state index contributed by atoms with van der Waals surface area (Å²) < 4.78 is 24.3. The van der Waals surface area contributed by atoms with Crippen molar-refractivity contribution in [2.45, 2.75) is 19.4 Å². The largest absolute Gasteiger partial charge is 0.319 e. The van der Waals surface area contributed by atoms with Crippen LogP contribution in [0.4, 0.5) is 8.78 Å². The molecule has 0 saturated carbocycles. The molecular weight excluding hydrogens is 204 g/mol. The van der Waals surface area contributed by atoms with Crippen LogP contribution in [-0.4, -0.2) is 6.43 Å². The Bertz CT molecular complexity index is 274. The molecule has 1 aromatic rings. The first-order valence-electron chi connectivity index (χ1n) is 3.31. The summed E-state index contributed by atoms with van der Waals surface area (Å²) in [7, 11) is 0. The second-order valence-corrected chi connectivity index (χ2v) is 3.75. The van der Waals surface area contributed by atoms with Gasteiger partial charge < -0.3 is 5.73 Å². The van der Waals surface area contributed by atoms with E-state index in [1.54, 1.807) is 12.3 Å². The Kier molecular flexibility index (Phi) is 3.04. The van der Waals surface area contributed by atoms with Crippen LogP contribution >= 0.6 is 22.9 Å². The molecule has 0 aliphatic carbocycles. The van der Waals surface area contributed by atoms with Gasteiger partial charge in [0.15, 0.2) is 0 Å². The number of hydrogen-bond acceptors (Lipinski definition) is 2. The van der Waals surface area contributed by atoms with Crippen molar-refractivity contribution in [2.24, 2.45) is 5.73 Å². The van der Waals surface area contributed by atoms with Gasteiger partial charge in [0.1, 0.15) is 6.04 Å². The summed E-state index contributed by atoms with van der Waals surface area (Å²) in [5.74, 6) is 0. The molecule has 0 spiro atoms. The summed E-state index contributed by atoms with van der Waals surface area (Å²) in [5.41, 5.74) is 6.03. The van der Waals surface area contributed by atoms with E-state index in [0.29, 0.717) is 9.90 Å². The van der Waals surface area contributed by atoms with Crippen LogP contribution < -0.4 is 5.73 Å². The highest BCUT2D eigenvalue weighted by Crippen LogP contribution is 2.33. The first-order valence-corrected chi connectivity index (χ1v) is 4.57. The van der Waals surface area contributed by atoms with Crippen molar-refractivity contribution in [1.82, 2.24) is 0 Å². The summed E-state index contributed by atoms with van der Waals surface area (Å²) >= 11 is 6.92. The summed E-state index contributed by atoms with van der Waals surface area (Å²) in [4.78, 5) is 0.365. The molecule has 68 valence electrons. The van der Waals surface area contributed by atoms with Gasteiger partial charge in [0.2, 0.25) is 0 Å². The maximum Gasteiger partial charge on any atom is 0.258 e. The Labute approximate surface area is 78.1 Å². The lowest BCUT2D eigenvalue weighted by molar-refractivity contribution is 0.118. The lowest BCUT2D eigenvalue weighted by Gasteiger charge is -2.08. The number of rotatable bonds is 2. The number of thiophene rings is 1. The third-order valence-corrected chi connectivity index (χ3v) is 3.31. The molecule has 1 unspecified atom stereocenters. The van der Waals surface area contributed by atoms with Crippen molar-refractivity contribution in [3.05, 3.63) is 20.8 Å². The predicted octanol–water partition coefficient (Wildman–Crippen LogP) is 2.97. The van der Waals surface area contributed by atoms with Gasteiger partial charge in [0.05, 0.1) is 5.02 Å². The Morgan fingerprint density at radius 3 is 2.50 bits per heavy atom. The Morgan fingerprint density at radius 1 is 1.58 bits per heavy atom. The van der Waals surface area contributed by atoms with Crippen LogP contribution in [0.5, 0.6) is 0 Å². The number of halogens is 3. The first kappa shape index (κ1) is 9.89. The Hall–Kier alpha value is -0.190. The fourth-order valence-electron chi connectivity index (χ4n) is 0.789. The van der Waals surface area contributed by atoms with Crippen molar-refractivity contribution in [3.63, 3.8) is 0 Å². The molecule has 5 heteroatoms. The molecule has 1 nitrogen and oxygen atoms in total. The monoisotopic (exact) mass is 211 g/mol. The van der Waals surface area contributed by atoms with E-state index in [0.717, 1.165) is 5.56 Å². The van der Waals surface area contributed by atoms with Gasteiger partial charge >= 0.3 is 0 Å². The van der Waals surface area contributed by atoms with Crippen LogP contribution in [-0.2, 0) is 0 Å². The lowest BCUT2D eigenvalue weighted by Crippen LogP contribution is -2.17. The molecule has 0 amide bonds. The fourth-order valence-corrected chi connectivity index (χ4v) is 2.11.